The van der Waals surface area contributed by atoms with Crippen molar-refractivity contribution in [3.8, 4) is 17.2 Å². The van der Waals surface area contributed by atoms with E-state index < -0.39 is 42.3 Å². The van der Waals surface area contributed by atoms with Crippen molar-refractivity contribution in [3.63, 3.8) is 0 Å². The van der Waals surface area contributed by atoms with Crippen molar-refractivity contribution in [1.82, 2.24) is 0 Å². The Bertz CT molecular complexity index is 2210. The largest absolute Gasteiger partial charge is 0.506 e. The van der Waals surface area contributed by atoms with Gasteiger partial charge in [-0.05, 0) is 50.3 Å². The molecule has 2 amide bonds. The van der Waals surface area contributed by atoms with Crippen molar-refractivity contribution in [2.24, 2.45) is 22.6 Å². The third kappa shape index (κ3) is 12.4. The van der Waals surface area contributed by atoms with Crippen LogP contribution in [0.3, 0.4) is 0 Å². The molecule has 1 saturated heterocycles. The average molecular weight is 863 g/mol. The number of primary amides is 1. The number of morpholine rings is 1. The number of aliphatic imine (C=N–C) groups is 1. The number of nitrogens with one attached hydrogen (secondary N) is 1. The summed E-state index contributed by atoms with van der Waals surface area (Å²) in [7, 11) is 2.92. The van der Waals surface area contributed by atoms with Crippen LogP contribution in [0.4, 0.5) is 22.1 Å². The zero-order valence-corrected chi connectivity index (χ0v) is 36.0. The van der Waals surface area contributed by atoms with Gasteiger partial charge in [-0.2, -0.15) is 0 Å². The van der Waals surface area contributed by atoms with Crippen molar-refractivity contribution in [1.29, 1.82) is 0 Å². The summed E-state index contributed by atoms with van der Waals surface area (Å²) in [6, 6.07) is 7.73. The van der Waals surface area contributed by atoms with Gasteiger partial charge >= 0.3 is 6.09 Å². The Morgan fingerprint density at radius 3 is 2.53 bits per heavy atom. The summed E-state index contributed by atoms with van der Waals surface area (Å²) in [6.45, 7) is 9.74. The number of phenols is 2. The van der Waals surface area contributed by atoms with Crippen LogP contribution in [-0.2, 0) is 34.9 Å². The standard InChI is InChI=1S/C45H58N4O13/c1-26-20-32-40(47-12-15-58-18-19-60-30-10-11-31-34(50)25-39(61-37(31)23-30)49-13-16-59-17-14-49)35(51)24-33(42(32)53)48-44(54)27(2)8-7-9-36(56-5)43(62-45(46)55)29(4)22-28(3)41(52)38(21-26)57-6/h7-12,22-26,28,36,38,41,43,51-53H,13-21H2,1-6H3,(H2,46,55)(H,48,54)/b9-7?,27-8+,29-22+,47-12?/t26-,28+,36+,38+,41-,43+/m1/s1. The molecule has 62 heavy (non-hydrogen) atoms. The fourth-order valence-corrected chi connectivity index (χ4v) is 7.37. The number of hydrogen-bond donors (Lipinski definition) is 5. The molecule has 6 N–H and O–H groups in total. The molecule has 1 fully saturated rings. The number of benzene rings is 2. The molecule has 0 saturated carbocycles. The quantitative estimate of drug-likeness (QED) is 0.0542. The number of aliphatic hydroxyl groups excluding tert-OH is 1. The van der Waals surface area contributed by atoms with E-state index in [9.17, 15) is 29.7 Å². The summed E-state index contributed by atoms with van der Waals surface area (Å²) in [5.74, 6) is -0.906. The van der Waals surface area contributed by atoms with Gasteiger partial charge in [-0.15, -0.1) is 0 Å². The average Bonchev–Trinajstić information content (AvgIpc) is 3.25. The number of methoxy groups -OCH3 is 2. The van der Waals surface area contributed by atoms with Crippen LogP contribution in [0.5, 0.6) is 17.2 Å². The number of allylic oxidation sites excluding steroid dienone is 2. The van der Waals surface area contributed by atoms with Crippen LogP contribution in [0.15, 0.2) is 80.0 Å². The third-order valence-electron chi connectivity index (χ3n) is 10.7. The summed E-state index contributed by atoms with van der Waals surface area (Å²) in [5, 5.41) is 37.4. The van der Waals surface area contributed by atoms with Crippen LogP contribution in [0, 0.1) is 11.8 Å². The molecular weight excluding hydrogens is 805 g/mol. The summed E-state index contributed by atoms with van der Waals surface area (Å²) in [6.07, 6.45) is 3.93. The lowest BCUT2D eigenvalue weighted by atomic mass is 9.87. The number of hydrogen-bond acceptors (Lipinski definition) is 15. The Morgan fingerprint density at radius 2 is 1.82 bits per heavy atom. The molecule has 1 aromatic heterocycles. The predicted octanol–water partition coefficient (Wildman–Crippen LogP) is 5.30. The molecule has 3 aromatic rings. The highest BCUT2D eigenvalue weighted by molar-refractivity contribution is 6.05. The Balaban J connectivity index is 1.32. The second-order valence-corrected chi connectivity index (χ2v) is 15.4. The smallest absolute Gasteiger partial charge is 0.405 e. The van der Waals surface area contributed by atoms with Gasteiger partial charge in [0.05, 0.1) is 49.7 Å². The fourth-order valence-electron chi connectivity index (χ4n) is 7.37. The molecule has 2 aromatic carbocycles. The van der Waals surface area contributed by atoms with Crippen molar-refractivity contribution < 1.29 is 57.7 Å². The summed E-state index contributed by atoms with van der Waals surface area (Å²) < 4.78 is 39.8. The molecule has 0 spiro atoms. The first-order chi connectivity index (χ1) is 29.7. The van der Waals surface area contributed by atoms with E-state index in [1.807, 2.05) is 11.8 Å². The highest BCUT2D eigenvalue weighted by Crippen LogP contribution is 2.44. The molecule has 17 nitrogen and oxygen atoms in total. The Labute approximate surface area is 360 Å². The number of anilines is 2. The molecule has 0 radical (unpaired) electrons. The Hall–Kier alpha value is -5.72. The molecule has 5 rings (SSSR count). The van der Waals surface area contributed by atoms with Crippen LogP contribution in [0.2, 0.25) is 0 Å². The Kier molecular flexibility index (Phi) is 17.1. The number of carbonyl (C=O) groups excluding carboxylic acids is 2. The predicted molar refractivity (Wildman–Crippen MR) is 234 cm³/mol. The van der Waals surface area contributed by atoms with Gasteiger partial charge in [-0.3, -0.25) is 14.6 Å². The molecule has 2 bridgehead atoms. The Morgan fingerprint density at radius 1 is 1.06 bits per heavy atom. The summed E-state index contributed by atoms with van der Waals surface area (Å²) >= 11 is 0. The maximum absolute atomic E-state index is 13.3. The molecular formula is C45H58N4O13. The number of aromatic hydroxyl groups is 2. The van der Waals surface area contributed by atoms with Gasteiger partial charge in [-0.25, -0.2) is 4.79 Å². The SMILES string of the molecule is CO[C@H]1C=C/C=C(\C)C(=O)Nc2cc(O)c(N=CCOCCOc3ccc4c(=O)cc(N5CCOCC5)oc4c3)c(c2O)C[C@@H](C)C[C@H](OC)[C@H](O)[C@@H](C)/C=C(\C)[C@@H]1OC(N)=O. The van der Waals surface area contributed by atoms with Crippen molar-refractivity contribution in [2.45, 2.75) is 65.0 Å². The van der Waals surface area contributed by atoms with Gasteiger partial charge < -0.3 is 64.1 Å². The van der Waals surface area contributed by atoms with Crippen molar-refractivity contribution >= 4 is 46.4 Å². The van der Waals surface area contributed by atoms with Crippen LogP contribution in [0.25, 0.3) is 11.0 Å². The van der Waals surface area contributed by atoms with E-state index in [0.717, 1.165) is 0 Å². The summed E-state index contributed by atoms with van der Waals surface area (Å²) in [4.78, 5) is 44.4. The number of ether oxygens (including phenoxy) is 6. The lowest BCUT2D eigenvalue weighted by Gasteiger charge is -2.29. The zero-order valence-electron chi connectivity index (χ0n) is 36.0. The molecule has 17 heteroatoms. The molecule has 3 heterocycles. The lowest BCUT2D eigenvalue weighted by molar-refractivity contribution is -0.112. The maximum atomic E-state index is 13.3. The molecule has 0 aliphatic carbocycles. The topological polar surface area (TPSA) is 234 Å². The first-order valence-corrected chi connectivity index (χ1v) is 20.5. The minimum Gasteiger partial charge on any atom is -0.506 e. The first kappa shape index (κ1) is 47.3. The molecule has 2 aliphatic rings. The monoisotopic (exact) mass is 862 g/mol. The van der Waals surface area contributed by atoms with E-state index in [0.29, 0.717) is 60.9 Å². The van der Waals surface area contributed by atoms with Crippen LogP contribution in [-0.4, -0.2) is 118 Å². The normalized spacial score (nSPS) is 24.9. The number of amides is 2. The lowest BCUT2D eigenvalue weighted by Crippen LogP contribution is -2.37. The highest BCUT2D eigenvalue weighted by Gasteiger charge is 2.30. The van der Waals surface area contributed by atoms with E-state index in [4.69, 9.17) is 38.6 Å². The third-order valence-corrected chi connectivity index (χ3v) is 10.7. The number of phenolic OH excluding ortho intramolecular Hbond substituents is 2. The fraction of sp³-hybridized carbons (Fsp3) is 0.467. The highest BCUT2D eigenvalue weighted by atomic mass is 16.6. The van der Waals surface area contributed by atoms with E-state index in [1.54, 1.807) is 57.2 Å². The van der Waals surface area contributed by atoms with Gasteiger partial charge in [-0.1, -0.05) is 38.2 Å². The molecule has 336 valence electrons. The number of carbonyl (C=O) groups is 2. The second-order valence-electron chi connectivity index (χ2n) is 15.4. The van der Waals surface area contributed by atoms with Gasteiger partial charge in [0.25, 0.3) is 5.91 Å². The minimum atomic E-state index is -1.01. The van der Waals surface area contributed by atoms with Gasteiger partial charge in [0.1, 0.15) is 41.2 Å². The van der Waals surface area contributed by atoms with Gasteiger partial charge in [0.15, 0.2) is 17.4 Å². The number of rotatable bonds is 11. The van der Waals surface area contributed by atoms with E-state index in [1.165, 1.54) is 38.6 Å². The molecule has 0 unspecified atom stereocenters. The van der Waals surface area contributed by atoms with Crippen molar-refractivity contribution in [2.75, 3.05) is 70.6 Å². The van der Waals surface area contributed by atoms with Gasteiger partial charge in [0.2, 0.25) is 0 Å². The number of nitrogens with zero attached hydrogens (tertiary/aromatic N) is 2. The zero-order chi connectivity index (χ0) is 44.9. The van der Waals surface area contributed by atoms with Crippen LogP contribution >= 0.6 is 0 Å². The maximum Gasteiger partial charge on any atom is 0.405 e. The van der Waals surface area contributed by atoms with Crippen LogP contribution in [0.1, 0.15) is 39.7 Å². The first-order valence-electron chi connectivity index (χ1n) is 20.5. The summed E-state index contributed by atoms with van der Waals surface area (Å²) in [5.41, 5.74) is 6.78. The van der Waals surface area contributed by atoms with E-state index >= 15 is 0 Å². The number of nitrogens with two attached hydrogens (primary N) is 1. The molecule has 6 atom stereocenters. The van der Waals surface area contributed by atoms with Gasteiger partial charge in [0, 0.05) is 68.8 Å². The second kappa shape index (κ2) is 22.4. The number of aliphatic hydroxyl groups is 1. The van der Waals surface area contributed by atoms with E-state index in [-0.39, 0.29) is 71.6 Å². The van der Waals surface area contributed by atoms with E-state index in [2.05, 4.69) is 10.3 Å². The van der Waals surface area contributed by atoms with Crippen LogP contribution < -0.4 is 26.1 Å². The minimum absolute atomic E-state index is 0.0298. The molecule has 2 aliphatic heterocycles. The number of fused-ring (bicyclic) bond motifs is 3. The van der Waals surface area contributed by atoms with Crippen molar-refractivity contribution in [3.05, 3.63) is 81.6 Å².